The first-order valence-corrected chi connectivity index (χ1v) is 14.4. The van der Waals surface area contributed by atoms with Gasteiger partial charge >= 0.3 is 0 Å². The van der Waals surface area contributed by atoms with Crippen molar-refractivity contribution in [3.63, 3.8) is 0 Å². The van der Waals surface area contributed by atoms with E-state index in [2.05, 4.69) is 0 Å². The van der Waals surface area contributed by atoms with Crippen molar-refractivity contribution in [2.75, 3.05) is 13.2 Å². The first kappa shape index (κ1) is 29.1. The maximum atomic E-state index is 14.4. The highest BCUT2D eigenvalue weighted by Gasteiger charge is 2.34. The molecule has 0 bridgehead atoms. The zero-order valence-corrected chi connectivity index (χ0v) is 25.5. The lowest BCUT2D eigenvalue weighted by Crippen LogP contribution is -2.26. The average Bonchev–Trinajstić information content (AvgIpc) is 3.34. The number of para-hydroxylation sites is 2. The molecule has 0 unspecified atom stereocenters. The summed E-state index contributed by atoms with van der Waals surface area (Å²) in [6, 6.07) is 22.5. The minimum atomic E-state index is -0.746. The van der Waals surface area contributed by atoms with Crippen molar-refractivity contribution in [3.05, 3.63) is 127 Å². The standard InChI is InChI=1S/C33H35ClN4O4/c1-7-41-27-20-23(19-26(34)31(27)42-8-2)30(28-21(3)35(5)37(32(28)39)24-15-11-9-12-16-24)29-22(4)36(6)38(33(29)40)25-17-13-10-14-18-25/h9-20,30H,7-8H2,1-6H3. The molecule has 0 saturated carbocycles. The fraction of sp³-hybridized carbons (Fsp3) is 0.273. The number of nitrogens with zero attached hydrogens (tertiary/aromatic N) is 4. The van der Waals surface area contributed by atoms with Crippen LogP contribution in [-0.4, -0.2) is 31.9 Å². The molecule has 0 aliphatic heterocycles. The van der Waals surface area contributed by atoms with Gasteiger partial charge in [0.15, 0.2) is 11.5 Å². The van der Waals surface area contributed by atoms with Crippen molar-refractivity contribution in [2.24, 2.45) is 14.1 Å². The maximum Gasteiger partial charge on any atom is 0.275 e. The summed E-state index contributed by atoms with van der Waals surface area (Å²) in [5.74, 6) is 0.145. The highest BCUT2D eigenvalue weighted by Crippen LogP contribution is 2.42. The molecule has 8 nitrogen and oxygen atoms in total. The molecule has 9 heteroatoms. The second kappa shape index (κ2) is 11.8. The Morgan fingerprint density at radius 3 is 1.60 bits per heavy atom. The van der Waals surface area contributed by atoms with E-state index in [1.807, 2.05) is 118 Å². The van der Waals surface area contributed by atoms with Crippen molar-refractivity contribution in [1.82, 2.24) is 18.7 Å². The van der Waals surface area contributed by atoms with Gasteiger partial charge in [-0.05, 0) is 69.7 Å². The molecule has 3 aromatic carbocycles. The first-order valence-electron chi connectivity index (χ1n) is 14.0. The van der Waals surface area contributed by atoms with Gasteiger partial charge < -0.3 is 9.47 Å². The van der Waals surface area contributed by atoms with Gasteiger partial charge in [-0.3, -0.25) is 19.0 Å². The third-order valence-corrected chi connectivity index (χ3v) is 8.01. The third kappa shape index (κ3) is 4.86. The Bertz CT molecular complexity index is 1750. The summed E-state index contributed by atoms with van der Waals surface area (Å²) in [6.07, 6.45) is 0. The zero-order valence-electron chi connectivity index (χ0n) is 24.7. The van der Waals surface area contributed by atoms with Crippen LogP contribution in [0.25, 0.3) is 11.4 Å². The van der Waals surface area contributed by atoms with Crippen molar-refractivity contribution >= 4 is 11.6 Å². The summed E-state index contributed by atoms with van der Waals surface area (Å²) in [5, 5.41) is 0.344. The molecular weight excluding hydrogens is 552 g/mol. The van der Waals surface area contributed by atoms with Crippen LogP contribution in [-0.2, 0) is 14.1 Å². The monoisotopic (exact) mass is 586 g/mol. The Kier molecular flexibility index (Phi) is 8.18. The van der Waals surface area contributed by atoms with E-state index in [4.69, 9.17) is 21.1 Å². The van der Waals surface area contributed by atoms with Gasteiger partial charge in [-0.25, -0.2) is 9.36 Å². The summed E-state index contributed by atoms with van der Waals surface area (Å²) in [4.78, 5) is 28.8. The van der Waals surface area contributed by atoms with Crippen LogP contribution in [0.2, 0.25) is 5.02 Å². The van der Waals surface area contributed by atoms with Crippen LogP contribution in [0, 0.1) is 13.8 Å². The van der Waals surface area contributed by atoms with E-state index in [0.717, 1.165) is 22.8 Å². The highest BCUT2D eigenvalue weighted by molar-refractivity contribution is 6.32. The summed E-state index contributed by atoms with van der Waals surface area (Å²) >= 11 is 6.81. The minimum Gasteiger partial charge on any atom is -0.490 e. The number of hydrogen-bond donors (Lipinski definition) is 0. The topological polar surface area (TPSA) is 72.3 Å². The molecule has 0 saturated heterocycles. The first-order chi connectivity index (χ1) is 20.2. The van der Waals surface area contributed by atoms with E-state index >= 15 is 0 Å². The molecule has 2 aromatic heterocycles. The van der Waals surface area contributed by atoms with Gasteiger partial charge in [0.1, 0.15) is 0 Å². The number of benzene rings is 3. The van der Waals surface area contributed by atoms with Gasteiger partial charge in [0.05, 0.1) is 40.7 Å². The molecule has 2 heterocycles. The Morgan fingerprint density at radius 1 is 0.714 bits per heavy atom. The predicted molar refractivity (Wildman–Crippen MR) is 166 cm³/mol. The molecule has 0 atom stereocenters. The Hall–Kier alpha value is -4.43. The van der Waals surface area contributed by atoms with E-state index in [-0.39, 0.29) is 11.1 Å². The summed E-state index contributed by atoms with van der Waals surface area (Å²) in [6.45, 7) is 8.35. The molecule has 218 valence electrons. The van der Waals surface area contributed by atoms with Gasteiger partial charge in [0, 0.05) is 31.4 Å². The Balaban J connectivity index is 1.87. The van der Waals surface area contributed by atoms with Crippen LogP contribution < -0.4 is 20.6 Å². The maximum absolute atomic E-state index is 14.4. The van der Waals surface area contributed by atoms with Crippen molar-refractivity contribution in [3.8, 4) is 22.9 Å². The summed E-state index contributed by atoms with van der Waals surface area (Å²) < 4.78 is 18.7. The van der Waals surface area contributed by atoms with Crippen LogP contribution in [0.3, 0.4) is 0 Å². The van der Waals surface area contributed by atoms with Gasteiger partial charge in [-0.1, -0.05) is 48.0 Å². The van der Waals surface area contributed by atoms with Gasteiger partial charge in [-0.15, -0.1) is 0 Å². The molecule has 0 fully saturated rings. The molecule has 0 aliphatic carbocycles. The lowest BCUT2D eigenvalue weighted by atomic mass is 9.85. The largest absolute Gasteiger partial charge is 0.490 e. The van der Waals surface area contributed by atoms with Crippen LogP contribution in [0.4, 0.5) is 0 Å². The molecule has 0 spiro atoms. The molecule has 42 heavy (non-hydrogen) atoms. The second-order valence-corrected chi connectivity index (χ2v) is 10.5. The minimum absolute atomic E-state index is 0.219. The molecule has 0 radical (unpaired) electrons. The van der Waals surface area contributed by atoms with E-state index < -0.39 is 5.92 Å². The van der Waals surface area contributed by atoms with Gasteiger partial charge in [0.25, 0.3) is 11.1 Å². The quantitative estimate of drug-likeness (QED) is 0.215. The van der Waals surface area contributed by atoms with Crippen molar-refractivity contribution in [2.45, 2.75) is 33.6 Å². The van der Waals surface area contributed by atoms with Crippen molar-refractivity contribution < 1.29 is 9.47 Å². The number of hydrogen-bond acceptors (Lipinski definition) is 4. The molecule has 0 amide bonds. The van der Waals surface area contributed by atoms with Crippen LogP contribution in [0.1, 0.15) is 47.8 Å². The van der Waals surface area contributed by atoms with E-state index in [1.54, 1.807) is 15.4 Å². The highest BCUT2D eigenvalue weighted by atomic mass is 35.5. The fourth-order valence-electron chi connectivity index (χ4n) is 5.62. The Labute approximate surface area is 249 Å². The molecular formula is C33H35ClN4O4. The van der Waals surface area contributed by atoms with Crippen LogP contribution in [0.5, 0.6) is 11.5 Å². The second-order valence-electron chi connectivity index (χ2n) is 10.1. The van der Waals surface area contributed by atoms with Crippen LogP contribution in [0.15, 0.2) is 82.4 Å². The normalized spacial score (nSPS) is 11.3. The average molecular weight is 587 g/mol. The van der Waals surface area contributed by atoms with Gasteiger partial charge in [0.2, 0.25) is 0 Å². The van der Waals surface area contributed by atoms with Gasteiger partial charge in [-0.2, -0.15) is 0 Å². The van der Waals surface area contributed by atoms with E-state index in [1.165, 1.54) is 0 Å². The number of aromatic nitrogens is 4. The Morgan fingerprint density at radius 2 is 1.17 bits per heavy atom. The predicted octanol–water partition coefficient (Wildman–Crippen LogP) is 5.91. The SMILES string of the molecule is CCOc1cc(C(c2c(C)n(C)n(-c3ccccc3)c2=O)c2c(C)n(C)n(-c3ccccc3)c2=O)cc(Cl)c1OCC. The van der Waals surface area contributed by atoms with E-state index in [0.29, 0.717) is 46.4 Å². The van der Waals surface area contributed by atoms with Crippen molar-refractivity contribution in [1.29, 1.82) is 0 Å². The summed E-state index contributed by atoms with van der Waals surface area (Å²) in [5.41, 5.74) is 4.09. The molecule has 5 rings (SSSR count). The summed E-state index contributed by atoms with van der Waals surface area (Å²) in [7, 11) is 3.70. The lowest BCUT2D eigenvalue weighted by Gasteiger charge is -2.20. The van der Waals surface area contributed by atoms with Crippen LogP contribution >= 0.6 is 11.6 Å². The molecule has 0 N–H and O–H groups in total. The zero-order chi connectivity index (χ0) is 30.1. The smallest absolute Gasteiger partial charge is 0.275 e. The number of halogens is 1. The molecule has 5 aromatic rings. The third-order valence-electron chi connectivity index (χ3n) is 7.73. The fourth-order valence-corrected chi connectivity index (χ4v) is 5.90. The van der Waals surface area contributed by atoms with E-state index in [9.17, 15) is 9.59 Å². The molecule has 0 aliphatic rings. The lowest BCUT2D eigenvalue weighted by molar-refractivity contribution is 0.287. The number of ether oxygens (including phenoxy) is 2. The number of rotatable bonds is 9.